The monoisotopic (exact) mass is 318 g/mol. The standard InChI is InChI=1S/C19H30N2O2/c1-19(2,3)23-18(22)21-14-17-10-8-16(9-11-17)13-20-12-15-6-4-5-7-15/h8-11,15,20H,4-7,12-14H2,1-3H3,(H,21,22). The summed E-state index contributed by atoms with van der Waals surface area (Å²) in [6.07, 6.45) is 5.17. The highest BCUT2D eigenvalue weighted by atomic mass is 16.6. The lowest BCUT2D eigenvalue weighted by Gasteiger charge is -2.19. The van der Waals surface area contributed by atoms with Gasteiger partial charge in [0.1, 0.15) is 5.60 Å². The first-order valence-electron chi connectivity index (χ1n) is 8.68. The Balaban J connectivity index is 1.68. The lowest BCUT2D eigenvalue weighted by Crippen LogP contribution is -2.32. The van der Waals surface area contributed by atoms with Gasteiger partial charge in [-0.25, -0.2) is 4.79 Å². The summed E-state index contributed by atoms with van der Waals surface area (Å²) in [6.45, 7) is 8.11. The van der Waals surface area contributed by atoms with Gasteiger partial charge in [0.15, 0.2) is 0 Å². The normalized spacial score (nSPS) is 15.6. The number of hydrogen-bond donors (Lipinski definition) is 2. The van der Waals surface area contributed by atoms with Crippen molar-refractivity contribution >= 4 is 6.09 Å². The highest BCUT2D eigenvalue weighted by Gasteiger charge is 2.16. The fraction of sp³-hybridized carbons (Fsp3) is 0.632. The Bertz CT molecular complexity index is 485. The summed E-state index contributed by atoms with van der Waals surface area (Å²) in [4.78, 5) is 11.6. The van der Waals surface area contributed by atoms with Gasteiger partial charge < -0.3 is 15.4 Å². The molecule has 128 valence electrons. The summed E-state index contributed by atoms with van der Waals surface area (Å²) < 4.78 is 5.22. The second-order valence-corrected chi connectivity index (χ2v) is 7.45. The molecule has 4 nitrogen and oxygen atoms in total. The zero-order valence-corrected chi connectivity index (χ0v) is 14.7. The molecule has 1 fully saturated rings. The molecule has 0 heterocycles. The van der Waals surface area contributed by atoms with Crippen molar-refractivity contribution in [1.29, 1.82) is 0 Å². The van der Waals surface area contributed by atoms with Gasteiger partial charge in [-0.1, -0.05) is 37.1 Å². The maximum Gasteiger partial charge on any atom is 0.407 e. The molecule has 1 saturated carbocycles. The first kappa shape index (κ1) is 17.8. The van der Waals surface area contributed by atoms with E-state index in [0.29, 0.717) is 6.54 Å². The van der Waals surface area contributed by atoms with Gasteiger partial charge in [0, 0.05) is 13.1 Å². The van der Waals surface area contributed by atoms with Crippen LogP contribution in [0.3, 0.4) is 0 Å². The molecule has 2 rings (SSSR count). The predicted octanol–water partition coefficient (Wildman–Crippen LogP) is 3.99. The Labute approximate surface area is 140 Å². The minimum Gasteiger partial charge on any atom is -0.444 e. The van der Waals surface area contributed by atoms with Crippen LogP contribution in [0.25, 0.3) is 0 Å². The Hall–Kier alpha value is -1.55. The molecular weight excluding hydrogens is 288 g/mol. The Morgan fingerprint density at radius 1 is 1.09 bits per heavy atom. The Kier molecular flexibility index (Phi) is 6.46. The number of nitrogens with one attached hydrogen (secondary N) is 2. The van der Waals surface area contributed by atoms with Gasteiger partial charge in [0.2, 0.25) is 0 Å². The Morgan fingerprint density at radius 2 is 1.65 bits per heavy atom. The van der Waals surface area contributed by atoms with E-state index in [0.717, 1.165) is 24.6 Å². The summed E-state index contributed by atoms with van der Waals surface area (Å²) in [5.74, 6) is 0.868. The highest BCUT2D eigenvalue weighted by Crippen LogP contribution is 2.23. The lowest BCUT2D eigenvalue weighted by molar-refractivity contribution is 0.0523. The number of carbonyl (C=O) groups is 1. The summed E-state index contributed by atoms with van der Waals surface area (Å²) in [5, 5.41) is 6.33. The summed E-state index contributed by atoms with van der Waals surface area (Å²) in [7, 11) is 0. The van der Waals surface area contributed by atoms with Crippen LogP contribution in [0.15, 0.2) is 24.3 Å². The smallest absolute Gasteiger partial charge is 0.407 e. The van der Waals surface area contributed by atoms with E-state index >= 15 is 0 Å². The summed E-state index contributed by atoms with van der Waals surface area (Å²) in [6, 6.07) is 8.36. The van der Waals surface area contributed by atoms with Crippen molar-refractivity contribution in [1.82, 2.24) is 10.6 Å². The minimum atomic E-state index is -0.459. The molecule has 0 aromatic heterocycles. The summed E-state index contributed by atoms with van der Waals surface area (Å²) >= 11 is 0. The fourth-order valence-corrected chi connectivity index (χ4v) is 2.90. The molecule has 0 atom stereocenters. The topological polar surface area (TPSA) is 50.4 Å². The van der Waals surface area contributed by atoms with Gasteiger partial charge in [-0.05, 0) is 57.2 Å². The van der Waals surface area contributed by atoms with Crippen LogP contribution < -0.4 is 10.6 Å². The lowest BCUT2D eigenvalue weighted by atomic mass is 10.1. The van der Waals surface area contributed by atoms with Crippen LogP contribution in [0.1, 0.15) is 57.6 Å². The van der Waals surface area contributed by atoms with Crippen molar-refractivity contribution in [3.05, 3.63) is 35.4 Å². The third kappa shape index (κ3) is 7.04. The Morgan fingerprint density at radius 3 is 2.22 bits per heavy atom. The molecule has 23 heavy (non-hydrogen) atoms. The SMILES string of the molecule is CC(C)(C)OC(=O)NCc1ccc(CNCC2CCCC2)cc1. The molecule has 0 spiro atoms. The first-order chi connectivity index (χ1) is 10.9. The van der Waals surface area contributed by atoms with Gasteiger partial charge in [0.25, 0.3) is 0 Å². The van der Waals surface area contributed by atoms with Crippen LogP contribution in [-0.4, -0.2) is 18.2 Å². The van der Waals surface area contributed by atoms with Crippen molar-refractivity contribution in [2.24, 2.45) is 5.92 Å². The minimum absolute atomic E-state index is 0.375. The van der Waals surface area contributed by atoms with Crippen LogP contribution in [0.4, 0.5) is 4.79 Å². The quantitative estimate of drug-likeness (QED) is 0.834. The molecule has 0 radical (unpaired) electrons. The number of amides is 1. The van der Waals surface area contributed by atoms with Crippen molar-refractivity contribution in [2.45, 2.75) is 65.1 Å². The van der Waals surface area contributed by atoms with Crippen molar-refractivity contribution < 1.29 is 9.53 Å². The predicted molar refractivity (Wildman–Crippen MR) is 93.2 cm³/mol. The molecule has 1 aromatic rings. The number of carbonyl (C=O) groups excluding carboxylic acids is 1. The van der Waals surface area contributed by atoms with E-state index in [1.807, 2.05) is 20.8 Å². The summed E-state index contributed by atoms with van der Waals surface area (Å²) in [5.41, 5.74) is 1.90. The van der Waals surface area contributed by atoms with E-state index in [-0.39, 0.29) is 6.09 Å². The first-order valence-corrected chi connectivity index (χ1v) is 8.68. The number of alkyl carbamates (subject to hydrolysis) is 1. The van der Waals surface area contributed by atoms with Crippen LogP contribution in [0, 0.1) is 5.92 Å². The average molecular weight is 318 g/mol. The van der Waals surface area contributed by atoms with Crippen LogP contribution in [0.5, 0.6) is 0 Å². The van der Waals surface area contributed by atoms with E-state index in [2.05, 4.69) is 34.9 Å². The molecule has 1 aliphatic rings. The van der Waals surface area contributed by atoms with Crippen LogP contribution >= 0.6 is 0 Å². The average Bonchev–Trinajstić information content (AvgIpc) is 2.98. The third-order valence-electron chi connectivity index (χ3n) is 4.10. The van der Waals surface area contributed by atoms with Crippen LogP contribution in [-0.2, 0) is 17.8 Å². The van der Waals surface area contributed by atoms with Gasteiger partial charge in [0.05, 0.1) is 0 Å². The second-order valence-electron chi connectivity index (χ2n) is 7.45. The van der Waals surface area contributed by atoms with Gasteiger partial charge >= 0.3 is 6.09 Å². The van der Waals surface area contributed by atoms with Gasteiger partial charge in [-0.15, -0.1) is 0 Å². The second kappa shape index (κ2) is 8.34. The highest BCUT2D eigenvalue weighted by molar-refractivity contribution is 5.67. The van der Waals surface area contributed by atoms with Gasteiger partial charge in [-0.3, -0.25) is 0 Å². The third-order valence-corrected chi connectivity index (χ3v) is 4.10. The molecule has 0 aliphatic heterocycles. The molecule has 1 amide bonds. The van der Waals surface area contributed by atoms with E-state index in [4.69, 9.17) is 4.74 Å². The van der Waals surface area contributed by atoms with Gasteiger partial charge in [-0.2, -0.15) is 0 Å². The van der Waals surface area contributed by atoms with E-state index < -0.39 is 5.60 Å². The molecule has 1 aromatic carbocycles. The number of hydrogen-bond acceptors (Lipinski definition) is 3. The molecule has 2 N–H and O–H groups in total. The fourth-order valence-electron chi connectivity index (χ4n) is 2.90. The number of rotatable bonds is 6. The van der Waals surface area contributed by atoms with Crippen LogP contribution in [0.2, 0.25) is 0 Å². The zero-order valence-electron chi connectivity index (χ0n) is 14.7. The molecule has 0 bridgehead atoms. The number of benzene rings is 1. The zero-order chi connectivity index (χ0) is 16.7. The van der Waals surface area contributed by atoms with E-state index in [1.54, 1.807) is 0 Å². The van der Waals surface area contributed by atoms with E-state index in [1.165, 1.54) is 31.2 Å². The van der Waals surface area contributed by atoms with E-state index in [9.17, 15) is 4.79 Å². The molecule has 1 aliphatic carbocycles. The van der Waals surface area contributed by atoms with Crippen molar-refractivity contribution in [2.75, 3.05) is 6.54 Å². The van der Waals surface area contributed by atoms with Crippen molar-refractivity contribution in [3.63, 3.8) is 0 Å². The molecular formula is C19H30N2O2. The molecule has 0 saturated heterocycles. The maximum absolute atomic E-state index is 11.6. The number of ether oxygens (including phenoxy) is 1. The van der Waals surface area contributed by atoms with Crippen molar-refractivity contribution in [3.8, 4) is 0 Å². The largest absolute Gasteiger partial charge is 0.444 e. The molecule has 0 unspecified atom stereocenters. The molecule has 4 heteroatoms. The maximum atomic E-state index is 11.6.